The Labute approximate surface area is 148 Å². The average molecular weight is 367 g/mol. The van der Waals surface area contributed by atoms with Crippen molar-refractivity contribution in [2.75, 3.05) is 5.32 Å². The fourth-order valence-electron chi connectivity index (χ4n) is 2.64. The zero-order valence-corrected chi connectivity index (χ0v) is 13.9. The van der Waals surface area contributed by atoms with Crippen LogP contribution in [0.2, 0.25) is 10.0 Å². The summed E-state index contributed by atoms with van der Waals surface area (Å²) in [6.45, 7) is 0.212. The van der Waals surface area contributed by atoms with Gasteiger partial charge in [0.1, 0.15) is 5.82 Å². The van der Waals surface area contributed by atoms with Gasteiger partial charge in [0.05, 0.1) is 5.92 Å². The van der Waals surface area contributed by atoms with E-state index < -0.39 is 11.7 Å². The molecule has 0 spiro atoms. The van der Waals surface area contributed by atoms with E-state index in [1.165, 1.54) is 18.2 Å². The van der Waals surface area contributed by atoms with Crippen molar-refractivity contribution in [3.05, 3.63) is 63.4 Å². The van der Waals surface area contributed by atoms with Gasteiger partial charge in [-0.25, -0.2) is 4.39 Å². The SMILES string of the molecule is O=C1CC(C(=O)NCc2ccc(Cl)cc2Cl)c2ccc(F)cc2N1. The third-order valence-electron chi connectivity index (χ3n) is 3.84. The van der Waals surface area contributed by atoms with Crippen molar-refractivity contribution in [1.29, 1.82) is 0 Å². The molecular weight excluding hydrogens is 354 g/mol. The maximum Gasteiger partial charge on any atom is 0.228 e. The molecule has 0 bridgehead atoms. The first-order valence-corrected chi connectivity index (χ1v) is 8.00. The van der Waals surface area contributed by atoms with Gasteiger partial charge in [-0.2, -0.15) is 0 Å². The van der Waals surface area contributed by atoms with Gasteiger partial charge in [-0.3, -0.25) is 9.59 Å². The molecule has 0 saturated carbocycles. The Morgan fingerprint density at radius 2 is 2.04 bits per heavy atom. The highest BCUT2D eigenvalue weighted by Gasteiger charge is 2.30. The Kier molecular flexibility index (Phi) is 4.73. The van der Waals surface area contributed by atoms with E-state index >= 15 is 0 Å². The number of rotatable bonds is 3. The van der Waals surface area contributed by atoms with Crippen LogP contribution in [0.25, 0.3) is 0 Å². The lowest BCUT2D eigenvalue weighted by molar-refractivity contribution is -0.126. The van der Waals surface area contributed by atoms with Crippen LogP contribution in [0.4, 0.5) is 10.1 Å². The Hall–Kier alpha value is -2.11. The number of nitrogens with one attached hydrogen (secondary N) is 2. The smallest absolute Gasteiger partial charge is 0.228 e. The number of anilines is 1. The maximum atomic E-state index is 13.3. The highest BCUT2D eigenvalue weighted by atomic mass is 35.5. The van der Waals surface area contributed by atoms with Gasteiger partial charge >= 0.3 is 0 Å². The van der Waals surface area contributed by atoms with E-state index in [1.807, 2.05) is 0 Å². The van der Waals surface area contributed by atoms with Crippen LogP contribution in [0.15, 0.2) is 36.4 Å². The summed E-state index contributed by atoms with van der Waals surface area (Å²) in [5.74, 6) is -1.77. The summed E-state index contributed by atoms with van der Waals surface area (Å²) in [5, 5.41) is 6.30. The minimum absolute atomic E-state index is 0.0127. The van der Waals surface area contributed by atoms with E-state index in [2.05, 4.69) is 10.6 Å². The molecule has 1 atom stereocenters. The van der Waals surface area contributed by atoms with Crippen LogP contribution in [0.3, 0.4) is 0 Å². The second kappa shape index (κ2) is 6.79. The zero-order valence-electron chi connectivity index (χ0n) is 12.4. The van der Waals surface area contributed by atoms with Gasteiger partial charge in [0.2, 0.25) is 11.8 Å². The monoisotopic (exact) mass is 366 g/mol. The molecule has 7 heteroatoms. The van der Waals surface area contributed by atoms with Crippen LogP contribution in [0.5, 0.6) is 0 Å². The highest BCUT2D eigenvalue weighted by Crippen LogP contribution is 2.33. The van der Waals surface area contributed by atoms with Gasteiger partial charge in [0.25, 0.3) is 0 Å². The van der Waals surface area contributed by atoms with Gasteiger partial charge < -0.3 is 10.6 Å². The molecule has 0 aromatic heterocycles. The standard InChI is InChI=1S/C17H13Cl2FN2O2/c18-10-2-1-9(14(19)5-10)8-21-17(24)13-7-16(23)22-15-6-11(20)3-4-12(13)15/h1-6,13H,7-8H2,(H,21,24)(H,22,23). The minimum atomic E-state index is -0.666. The summed E-state index contributed by atoms with van der Waals surface area (Å²) in [7, 11) is 0. The van der Waals surface area contributed by atoms with Crippen molar-refractivity contribution in [2.45, 2.75) is 18.9 Å². The van der Waals surface area contributed by atoms with Crippen molar-refractivity contribution in [2.24, 2.45) is 0 Å². The third-order valence-corrected chi connectivity index (χ3v) is 4.43. The predicted octanol–water partition coefficient (Wildman–Crippen LogP) is 3.87. The number of carbonyl (C=O) groups excluding carboxylic acids is 2. The Morgan fingerprint density at radius 3 is 2.79 bits per heavy atom. The van der Waals surface area contributed by atoms with Gasteiger partial charge in [0.15, 0.2) is 0 Å². The van der Waals surface area contributed by atoms with Crippen LogP contribution in [-0.4, -0.2) is 11.8 Å². The number of hydrogen-bond acceptors (Lipinski definition) is 2. The summed E-state index contributed by atoms with van der Waals surface area (Å²) in [5.41, 5.74) is 1.64. The molecular formula is C17H13Cl2FN2O2. The number of hydrogen-bond donors (Lipinski definition) is 2. The van der Waals surface area contributed by atoms with E-state index in [0.29, 0.717) is 26.9 Å². The van der Waals surface area contributed by atoms with E-state index in [0.717, 1.165) is 0 Å². The molecule has 2 N–H and O–H groups in total. The van der Waals surface area contributed by atoms with Gasteiger partial charge in [-0.05, 0) is 35.4 Å². The Morgan fingerprint density at radius 1 is 1.25 bits per heavy atom. The molecule has 1 aliphatic rings. The quantitative estimate of drug-likeness (QED) is 0.865. The lowest BCUT2D eigenvalue weighted by Crippen LogP contribution is -2.34. The van der Waals surface area contributed by atoms with Gasteiger partial charge in [-0.1, -0.05) is 35.3 Å². The fourth-order valence-corrected chi connectivity index (χ4v) is 3.12. The van der Waals surface area contributed by atoms with Crippen LogP contribution < -0.4 is 10.6 Å². The van der Waals surface area contributed by atoms with Crippen molar-refractivity contribution in [1.82, 2.24) is 5.32 Å². The van der Waals surface area contributed by atoms with Crippen LogP contribution in [0.1, 0.15) is 23.5 Å². The molecule has 24 heavy (non-hydrogen) atoms. The molecule has 0 saturated heterocycles. The zero-order chi connectivity index (χ0) is 17.3. The number of amides is 2. The van der Waals surface area contributed by atoms with Crippen molar-refractivity contribution in [3.63, 3.8) is 0 Å². The van der Waals surface area contributed by atoms with E-state index in [1.54, 1.807) is 18.2 Å². The normalized spacial score (nSPS) is 16.3. The molecule has 2 amide bonds. The predicted molar refractivity (Wildman–Crippen MR) is 90.7 cm³/mol. The van der Waals surface area contributed by atoms with E-state index in [4.69, 9.17) is 23.2 Å². The van der Waals surface area contributed by atoms with Crippen molar-refractivity contribution < 1.29 is 14.0 Å². The number of benzene rings is 2. The Balaban J connectivity index is 1.77. The topological polar surface area (TPSA) is 58.2 Å². The second-order valence-corrected chi connectivity index (χ2v) is 6.33. The first-order chi connectivity index (χ1) is 11.4. The van der Waals surface area contributed by atoms with Crippen LogP contribution >= 0.6 is 23.2 Å². The second-order valence-electron chi connectivity index (χ2n) is 5.49. The molecule has 4 nitrogen and oxygen atoms in total. The molecule has 1 unspecified atom stereocenters. The first-order valence-electron chi connectivity index (χ1n) is 7.25. The lowest BCUT2D eigenvalue weighted by Gasteiger charge is -2.25. The van der Waals surface area contributed by atoms with E-state index in [-0.39, 0.29) is 24.8 Å². The summed E-state index contributed by atoms with van der Waals surface area (Å²) in [6, 6.07) is 9.00. The van der Waals surface area contributed by atoms with E-state index in [9.17, 15) is 14.0 Å². The molecule has 3 rings (SSSR count). The molecule has 1 aliphatic heterocycles. The number of halogens is 3. The minimum Gasteiger partial charge on any atom is -0.351 e. The molecule has 2 aromatic carbocycles. The molecule has 0 radical (unpaired) electrons. The average Bonchev–Trinajstić information content (AvgIpc) is 2.52. The molecule has 124 valence electrons. The Bertz CT molecular complexity index is 826. The first kappa shape index (κ1) is 16.7. The summed E-state index contributed by atoms with van der Waals surface area (Å²) >= 11 is 11.9. The van der Waals surface area contributed by atoms with Crippen molar-refractivity contribution >= 4 is 40.7 Å². The maximum absolute atomic E-state index is 13.3. The highest BCUT2D eigenvalue weighted by molar-refractivity contribution is 6.35. The third kappa shape index (κ3) is 3.52. The molecule has 2 aromatic rings. The lowest BCUT2D eigenvalue weighted by atomic mass is 9.89. The molecule has 1 heterocycles. The van der Waals surface area contributed by atoms with Crippen molar-refractivity contribution in [3.8, 4) is 0 Å². The van der Waals surface area contributed by atoms with Crippen LogP contribution in [0, 0.1) is 5.82 Å². The fraction of sp³-hybridized carbons (Fsp3) is 0.176. The largest absolute Gasteiger partial charge is 0.351 e. The van der Waals surface area contributed by atoms with Gasteiger partial charge in [-0.15, -0.1) is 0 Å². The summed E-state index contributed by atoms with van der Waals surface area (Å²) < 4.78 is 13.3. The molecule has 0 aliphatic carbocycles. The number of carbonyl (C=O) groups is 2. The summed E-state index contributed by atoms with van der Waals surface area (Å²) in [6.07, 6.45) is 0.0127. The van der Waals surface area contributed by atoms with Gasteiger partial charge in [0, 0.05) is 28.7 Å². The molecule has 0 fully saturated rings. The van der Waals surface area contributed by atoms with Crippen LogP contribution in [-0.2, 0) is 16.1 Å². The number of fused-ring (bicyclic) bond motifs is 1. The summed E-state index contributed by atoms with van der Waals surface area (Å²) in [4.78, 5) is 24.3.